The molecule has 0 bridgehead atoms. The molecule has 34 heavy (non-hydrogen) atoms. The standard InChI is InChI=1S/C25H26FN7O/c1-31(2)18-11-13-32(16-18)22-8-5-9-23(30-22)33-15-17(14-28-33)20-10-12-27-25(29-20)24-19(26)6-4-7-21(24)34-3/h4-10,12,14-15,18H,11,13,16H2,1-3H3/t18-/m0/s1. The fourth-order valence-corrected chi connectivity index (χ4v) is 4.20. The summed E-state index contributed by atoms with van der Waals surface area (Å²) < 4.78 is 21.6. The van der Waals surface area contributed by atoms with E-state index in [1.807, 2.05) is 24.4 Å². The molecule has 4 heterocycles. The predicted octanol–water partition coefficient (Wildman–Crippen LogP) is 3.68. The quantitative estimate of drug-likeness (QED) is 0.436. The minimum Gasteiger partial charge on any atom is -0.496 e. The molecule has 9 heteroatoms. The smallest absolute Gasteiger partial charge is 0.166 e. The Morgan fingerprint density at radius 2 is 1.88 bits per heavy atom. The number of halogens is 1. The van der Waals surface area contributed by atoms with Crippen LogP contribution in [0.5, 0.6) is 5.75 Å². The van der Waals surface area contributed by atoms with Crippen molar-refractivity contribution in [1.29, 1.82) is 0 Å². The normalized spacial score (nSPS) is 15.8. The molecule has 1 atom stereocenters. The zero-order valence-electron chi connectivity index (χ0n) is 19.4. The Kier molecular flexibility index (Phi) is 5.93. The first-order chi connectivity index (χ1) is 16.5. The SMILES string of the molecule is COc1cccc(F)c1-c1nccc(-c2cnn(-c3cccc(N4CC[C@H](N(C)C)C4)n3)c2)n1. The summed E-state index contributed by atoms with van der Waals surface area (Å²) in [5.41, 5.74) is 1.64. The number of likely N-dealkylation sites (N-methyl/N-ethyl adjacent to an activating group) is 1. The number of benzene rings is 1. The minimum atomic E-state index is -0.438. The van der Waals surface area contributed by atoms with Gasteiger partial charge in [0.15, 0.2) is 11.6 Å². The molecule has 1 aliphatic rings. The van der Waals surface area contributed by atoms with E-state index in [0.29, 0.717) is 17.5 Å². The highest BCUT2D eigenvalue weighted by Gasteiger charge is 2.25. The zero-order valence-corrected chi connectivity index (χ0v) is 19.4. The molecule has 0 radical (unpaired) electrons. The van der Waals surface area contributed by atoms with Crippen LogP contribution in [0.25, 0.3) is 28.5 Å². The summed E-state index contributed by atoms with van der Waals surface area (Å²) in [6, 6.07) is 12.9. The van der Waals surface area contributed by atoms with Crippen molar-refractivity contribution >= 4 is 5.82 Å². The third-order valence-electron chi connectivity index (χ3n) is 6.12. The van der Waals surface area contributed by atoms with E-state index in [2.05, 4.69) is 39.0 Å². The summed E-state index contributed by atoms with van der Waals surface area (Å²) >= 11 is 0. The van der Waals surface area contributed by atoms with Gasteiger partial charge in [0.05, 0.1) is 24.6 Å². The molecule has 5 rings (SSSR count). The second-order valence-electron chi connectivity index (χ2n) is 8.46. The van der Waals surface area contributed by atoms with Gasteiger partial charge in [0.1, 0.15) is 17.4 Å². The fourth-order valence-electron chi connectivity index (χ4n) is 4.20. The second kappa shape index (κ2) is 9.18. The average molecular weight is 460 g/mol. The first-order valence-electron chi connectivity index (χ1n) is 11.1. The van der Waals surface area contributed by atoms with Crippen LogP contribution in [0.4, 0.5) is 10.2 Å². The largest absolute Gasteiger partial charge is 0.496 e. The van der Waals surface area contributed by atoms with Gasteiger partial charge in [-0.05, 0) is 50.8 Å². The highest BCUT2D eigenvalue weighted by Crippen LogP contribution is 2.31. The molecule has 8 nitrogen and oxygen atoms in total. The third-order valence-corrected chi connectivity index (χ3v) is 6.12. The van der Waals surface area contributed by atoms with Gasteiger partial charge in [0.2, 0.25) is 0 Å². The summed E-state index contributed by atoms with van der Waals surface area (Å²) in [6.07, 6.45) is 6.31. The van der Waals surface area contributed by atoms with Crippen LogP contribution in [0.15, 0.2) is 61.1 Å². The Balaban J connectivity index is 1.42. The molecule has 174 valence electrons. The van der Waals surface area contributed by atoms with Crippen LogP contribution in [-0.4, -0.2) is 70.0 Å². The molecule has 0 aliphatic carbocycles. The molecular weight excluding hydrogens is 433 g/mol. The van der Waals surface area contributed by atoms with Gasteiger partial charge in [0.25, 0.3) is 0 Å². The highest BCUT2D eigenvalue weighted by atomic mass is 19.1. The Morgan fingerprint density at radius 1 is 1.06 bits per heavy atom. The molecule has 0 N–H and O–H groups in total. The van der Waals surface area contributed by atoms with E-state index in [1.165, 1.54) is 13.2 Å². The van der Waals surface area contributed by atoms with Crippen LogP contribution >= 0.6 is 0 Å². The lowest BCUT2D eigenvalue weighted by Crippen LogP contribution is -2.31. The van der Waals surface area contributed by atoms with Crippen LogP contribution in [0.1, 0.15) is 6.42 Å². The molecule has 3 aromatic heterocycles. The zero-order chi connectivity index (χ0) is 23.7. The molecule has 0 spiro atoms. The summed E-state index contributed by atoms with van der Waals surface area (Å²) in [5, 5.41) is 4.50. The number of rotatable bonds is 6. The predicted molar refractivity (Wildman–Crippen MR) is 129 cm³/mol. The van der Waals surface area contributed by atoms with Gasteiger partial charge in [0, 0.05) is 37.1 Å². The molecule has 1 aromatic carbocycles. The van der Waals surface area contributed by atoms with Gasteiger partial charge in [-0.1, -0.05) is 12.1 Å². The number of anilines is 1. The molecular formula is C25H26FN7O. The average Bonchev–Trinajstić information content (AvgIpc) is 3.55. The van der Waals surface area contributed by atoms with Crippen molar-refractivity contribution in [2.75, 3.05) is 39.2 Å². The maximum Gasteiger partial charge on any atom is 0.166 e. The van der Waals surface area contributed by atoms with Gasteiger partial charge in [-0.2, -0.15) is 5.10 Å². The van der Waals surface area contributed by atoms with E-state index in [9.17, 15) is 4.39 Å². The number of pyridine rings is 1. The molecule has 1 aliphatic heterocycles. The maximum atomic E-state index is 14.5. The molecule has 0 saturated carbocycles. The van der Waals surface area contributed by atoms with Crippen molar-refractivity contribution in [2.45, 2.75) is 12.5 Å². The number of methoxy groups -OCH3 is 1. The summed E-state index contributed by atoms with van der Waals surface area (Å²) in [5.74, 6) is 1.86. The van der Waals surface area contributed by atoms with Gasteiger partial charge >= 0.3 is 0 Å². The Morgan fingerprint density at radius 3 is 2.68 bits per heavy atom. The van der Waals surface area contributed by atoms with E-state index in [-0.39, 0.29) is 11.4 Å². The van der Waals surface area contributed by atoms with E-state index >= 15 is 0 Å². The van der Waals surface area contributed by atoms with Crippen molar-refractivity contribution in [3.63, 3.8) is 0 Å². The van der Waals surface area contributed by atoms with E-state index in [1.54, 1.807) is 35.3 Å². The summed E-state index contributed by atoms with van der Waals surface area (Å²) in [6.45, 7) is 1.93. The summed E-state index contributed by atoms with van der Waals surface area (Å²) in [7, 11) is 5.73. The second-order valence-corrected chi connectivity index (χ2v) is 8.46. The molecule has 1 fully saturated rings. The van der Waals surface area contributed by atoms with Crippen molar-refractivity contribution in [3.05, 3.63) is 66.9 Å². The van der Waals surface area contributed by atoms with E-state index in [0.717, 1.165) is 36.7 Å². The van der Waals surface area contributed by atoms with Crippen LogP contribution in [0, 0.1) is 5.82 Å². The fraction of sp³-hybridized carbons (Fsp3) is 0.280. The lowest BCUT2D eigenvalue weighted by Gasteiger charge is -2.21. The number of ether oxygens (including phenoxy) is 1. The van der Waals surface area contributed by atoms with Crippen molar-refractivity contribution in [2.24, 2.45) is 0 Å². The van der Waals surface area contributed by atoms with Gasteiger partial charge in [-0.25, -0.2) is 24.0 Å². The van der Waals surface area contributed by atoms with Gasteiger partial charge < -0.3 is 14.5 Å². The Labute approximate surface area is 197 Å². The Hall–Kier alpha value is -3.85. The molecule has 0 amide bonds. The minimum absolute atomic E-state index is 0.232. The van der Waals surface area contributed by atoms with Crippen molar-refractivity contribution < 1.29 is 9.13 Å². The van der Waals surface area contributed by atoms with Crippen LogP contribution < -0.4 is 9.64 Å². The maximum absolute atomic E-state index is 14.5. The van der Waals surface area contributed by atoms with Crippen LogP contribution in [0.2, 0.25) is 0 Å². The first kappa shape index (κ1) is 22.0. The van der Waals surface area contributed by atoms with Crippen LogP contribution in [-0.2, 0) is 0 Å². The topological polar surface area (TPSA) is 72.2 Å². The number of hydrogen-bond acceptors (Lipinski definition) is 7. The highest BCUT2D eigenvalue weighted by molar-refractivity contribution is 5.68. The van der Waals surface area contributed by atoms with Gasteiger partial charge in [-0.3, -0.25) is 0 Å². The lowest BCUT2D eigenvalue weighted by atomic mass is 10.1. The molecule has 0 unspecified atom stereocenters. The number of nitrogens with zero attached hydrogens (tertiary/aromatic N) is 7. The summed E-state index contributed by atoms with van der Waals surface area (Å²) in [4.78, 5) is 18.2. The van der Waals surface area contributed by atoms with E-state index < -0.39 is 5.82 Å². The monoisotopic (exact) mass is 459 g/mol. The van der Waals surface area contributed by atoms with Crippen molar-refractivity contribution in [1.82, 2.24) is 29.6 Å². The van der Waals surface area contributed by atoms with E-state index in [4.69, 9.17) is 9.72 Å². The number of hydrogen-bond donors (Lipinski definition) is 0. The lowest BCUT2D eigenvalue weighted by molar-refractivity contribution is 0.315. The third kappa shape index (κ3) is 4.22. The van der Waals surface area contributed by atoms with Crippen LogP contribution in [0.3, 0.4) is 0 Å². The van der Waals surface area contributed by atoms with Gasteiger partial charge in [-0.15, -0.1) is 0 Å². The molecule has 1 saturated heterocycles. The van der Waals surface area contributed by atoms with Crippen molar-refractivity contribution in [3.8, 4) is 34.2 Å². The Bertz CT molecular complexity index is 1310. The number of aromatic nitrogens is 5. The first-order valence-corrected chi connectivity index (χ1v) is 11.1. The molecule has 4 aromatic rings.